The zero-order valence-electron chi connectivity index (χ0n) is 11.8. The molecule has 1 nitrogen and oxygen atoms in total. The van der Waals surface area contributed by atoms with E-state index in [9.17, 15) is 0 Å². The number of rotatable bonds is 5. The lowest BCUT2D eigenvalue weighted by atomic mass is 10.1. The van der Waals surface area contributed by atoms with E-state index in [4.69, 9.17) is 0 Å². The number of hydrogen-bond acceptors (Lipinski definition) is 2. The highest BCUT2D eigenvalue weighted by Gasteiger charge is 2.26. The fraction of sp³-hybridized carbons (Fsp3) is 0.625. The molecule has 0 aromatic heterocycles. The highest BCUT2D eigenvalue weighted by Crippen LogP contribution is 2.30. The summed E-state index contributed by atoms with van der Waals surface area (Å²) in [4.78, 5) is 0. The van der Waals surface area contributed by atoms with E-state index in [-0.39, 0.29) is 0 Å². The number of thioether (sulfide) groups is 1. The lowest BCUT2D eigenvalue weighted by molar-refractivity contribution is 0.532. The van der Waals surface area contributed by atoms with Gasteiger partial charge in [0.2, 0.25) is 0 Å². The first-order chi connectivity index (χ1) is 8.69. The summed E-state index contributed by atoms with van der Waals surface area (Å²) in [5, 5.41) is 4.60. The van der Waals surface area contributed by atoms with Gasteiger partial charge in [-0.1, -0.05) is 42.7 Å². The van der Waals surface area contributed by atoms with Crippen LogP contribution in [-0.2, 0) is 6.54 Å². The summed E-state index contributed by atoms with van der Waals surface area (Å²) in [5.74, 6) is 1.24. The van der Waals surface area contributed by atoms with Crippen molar-refractivity contribution in [1.29, 1.82) is 0 Å². The maximum absolute atomic E-state index is 3.77. The molecule has 1 aliphatic rings. The molecule has 2 rings (SSSR count). The predicted molar refractivity (Wildman–Crippen MR) is 82.3 cm³/mol. The molecule has 2 unspecified atom stereocenters. The lowest BCUT2D eigenvalue weighted by Gasteiger charge is -2.20. The van der Waals surface area contributed by atoms with Crippen molar-refractivity contribution in [2.75, 3.05) is 5.75 Å². The molecule has 0 saturated heterocycles. The minimum Gasteiger partial charge on any atom is -0.309 e. The van der Waals surface area contributed by atoms with Crippen LogP contribution in [0.2, 0.25) is 0 Å². The van der Waals surface area contributed by atoms with E-state index >= 15 is 0 Å². The Bertz CT molecular complexity index is 368. The smallest absolute Gasteiger partial charge is 0.0208 e. The van der Waals surface area contributed by atoms with Crippen LogP contribution in [0.5, 0.6) is 0 Å². The summed E-state index contributed by atoms with van der Waals surface area (Å²) in [6.45, 7) is 7.65. The second-order valence-electron chi connectivity index (χ2n) is 5.41. The lowest BCUT2D eigenvalue weighted by Crippen LogP contribution is -2.33. The minimum absolute atomic E-state index is 0.718. The SMILES string of the molecule is CCSC1CCCC1NCc1cc(C)cc(C)c1. The van der Waals surface area contributed by atoms with Gasteiger partial charge in [0.25, 0.3) is 0 Å². The van der Waals surface area contributed by atoms with Crippen molar-refractivity contribution in [3.63, 3.8) is 0 Å². The zero-order chi connectivity index (χ0) is 13.0. The van der Waals surface area contributed by atoms with E-state index in [0.29, 0.717) is 0 Å². The molecule has 0 aliphatic heterocycles. The third kappa shape index (κ3) is 3.76. The molecule has 0 radical (unpaired) electrons. The second kappa shape index (κ2) is 6.63. The van der Waals surface area contributed by atoms with E-state index in [1.807, 2.05) is 0 Å². The number of aryl methyl sites for hydroxylation is 2. The molecule has 0 heterocycles. The van der Waals surface area contributed by atoms with Crippen LogP contribution in [0.25, 0.3) is 0 Å². The van der Waals surface area contributed by atoms with E-state index in [1.54, 1.807) is 0 Å². The standard InChI is InChI=1S/C16H25NS/c1-4-18-16-7-5-6-15(16)17-11-14-9-12(2)8-13(3)10-14/h8-10,15-17H,4-7,11H2,1-3H3. The van der Waals surface area contributed by atoms with Crippen molar-refractivity contribution in [2.45, 2.75) is 57.9 Å². The van der Waals surface area contributed by atoms with Gasteiger partial charge >= 0.3 is 0 Å². The van der Waals surface area contributed by atoms with Crippen LogP contribution < -0.4 is 5.32 Å². The van der Waals surface area contributed by atoms with Crippen LogP contribution in [0, 0.1) is 13.8 Å². The summed E-state index contributed by atoms with van der Waals surface area (Å²) in [6.07, 6.45) is 4.13. The molecule has 2 atom stereocenters. The molecular weight excluding hydrogens is 238 g/mol. The first kappa shape index (κ1) is 14.0. The molecule has 2 heteroatoms. The maximum atomic E-state index is 3.77. The molecule has 1 saturated carbocycles. The van der Waals surface area contributed by atoms with Gasteiger partial charge in [0.15, 0.2) is 0 Å². The Morgan fingerprint density at radius 2 is 1.89 bits per heavy atom. The number of hydrogen-bond donors (Lipinski definition) is 1. The van der Waals surface area contributed by atoms with E-state index < -0.39 is 0 Å². The quantitative estimate of drug-likeness (QED) is 0.859. The molecule has 0 amide bonds. The van der Waals surface area contributed by atoms with Crippen LogP contribution in [0.1, 0.15) is 42.9 Å². The Hall–Kier alpha value is -0.470. The second-order valence-corrected chi connectivity index (χ2v) is 6.92. The molecular formula is C16H25NS. The van der Waals surface area contributed by atoms with Crippen LogP contribution in [0.4, 0.5) is 0 Å². The van der Waals surface area contributed by atoms with Gasteiger partial charge in [0.1, 0.15) is 0 Å². The van der Waals surface area contributed by atoms with Gasteiger partial charge in [-0.05, 0) is 38.0 Å². The molecule has 1 aromatic carbocycles. The van der Waals surface area contributed by atoms with Gasteiger partial charge in [-0.15, -0.1) is 0 Å². The molecule has 1 aliphatic carbocycles. The highest BCUT2D eigenvalue weighted by molar-refractivity contribution is 7.99. The first-order valence-corrected chi connectivity index (χ1v) is 8.16. The summed E-state index contributed by atoms with van der Waals surface area (Å²) >= 11 is 2.13. The van der Waals surface area contributed by atoms with Gasteiger partial charge in [-0.2, -0.15) is 11.8 Å². The largest absolute Gasteiger partial charge is 0.309 e. The van der Waals surface area contributed by atoms with Crippen molar-refractivity contribution in [3.8, 4) is 0 Å². The predicted octanol–water partition coefficient (Wildman–Crippen LogP) is 4.07. The average molecular weight is 263 g/mol. The zero-order valence-corrected chi connectivity index (χ0v) is 12.6. The molecule has 1 aromatic rings. The fourth-order valence-electron chi connectivity index (χ4n) is 2.99. The Balaban J connectivity index is 1.90. The van der Waals surface area contributed by atoms with Gasteiger partial charge in [-0.3, -0.25) is 0 Å². The summed E-state index contributed by atoms with van der Waals surface area (Å²) < 4.78 is 0. The monoisotopic (exact) mass is 263 g/mol. The normalized spacial score (nSPS) is 23.5. The third-order valence-electron chi connectivity index (χ3n) is 3.68. The molecule has 100 valence electrons. The molecule has 1 fully saturated rings. The van der Waals surface area contributed by atoms with Crippen LogP contribution in [-0.4, -0.2) is 17.0 Å². The van der Waals surface area contributed by atoms with E-state index in [1.165, 1.54) is 41.7 Å². The minimum atomic E-state index is 0.718. The summed E-state index contributed by atoms with van der Waals surface area (Å²) in [7, 11) is 0. The van der Waals surface area contributed by atoms with Crippen molar-refractivity contribution in [2.24, 2.45) is 0 Å². The Morgan fingerprint density at radius 1 is 1.17 bits per heavy atom. The van der Waals surface area contributed by atoms with Gasteiger partial charge in [-0.25, -0.2) is 0 Å². The first-order valence-electron chi connectivity index (χ1n) is 7.11. The van der Waals surface area contributed by atoms with Crippen molar-refractivity contribution in [3.05, 3.63) is 34.9 Å². The van der Waals surface area contributed by atoms with E-state index in [2.05, 4.69) is 56.0 Å². The molecule has 18 heavy (non-hydrogen) atoms. The maximum Gasteiger partial charge on any atom is 0.0208 e. The van der Waals surface area contributed by atoms with Crippen LogP contribution in [0.3, 0.4) is 0 Å². The van der Waals surface area contributed by atoms with Crippen LogP contribution in [0.15, 0.2) is 18.2 Å². The summed E-state index contributed by atoms with van der Waals surface area (Å²) in [6, 6.07) is 7.57. The highest BCUT2D eigenvalue weighted by atomic mass is 32.2. The van der Waals surface area contributed by atoms with Gasteiger partial charge in [0.05, 0.1) is 0 Å². The topological polar surface area (TPSA) is 12.0 Å². The average Bonchev–Trinajstić information content (AvgIpc) is 2.73. The Kier molecular flexibility index (Phi) is 5.13. The van der Waals surface area contributed by atoms with Gasteiger partial charge in [0, 0.05) is 17.8 Å². The molecule has 0 bridgehead atoms. The van der Waals surface area contributed by atoms with E-state index in [0.717, 1.165) is 17.8 Å². The number of benzene rings is 1. The fourth-order valence-corrected chi connectivity index (χ4v) is 4.22. The van der Waals surface area contributed by atoms with Crippen molar-refractivity contribution >= 4 is 11.8 Å². The van der Waals surface area contributed by atoms with Crippen molar-refractivity contribution < 1.29 is 0 Å². The Labute approximate surface area is 116 Å². The van der Waals surface area contributed by atoms with Gasteiger partial charge < -0.3 is 5.32 Å². The summed E-state index contributed by atoms with van der Waals surface area (Å²) in [5.41, 5.74) is 4.18. The van der Waals surface area contributed by atoms with Crippen molar-refractivity contribution in [1.82, 2.24) is 5.32 Å². The molecule has 0 spiro atoms. The Morgan fingerprint density at radius 3 is 2.56 bits per heavy atom. The van der Waals surface area contributed by atoms with Crippen LogP contribution >= 0.6 is 11.8 Å². The third-order valence-corrected chi connectivity index (χ3v) is 5.01. The molecule has 1 N–H and O–H groups in total. The number of nitrogens with one attached hydrogen (secondary N) is 1.